The van der Waals surface area contributed by atoms with Crippen LogP contribution in [0.5, 0.6) is 5.75 Å². The van der Waals surface area contributed by atoms with E-state index in [4.69, 9.17) is 23.2 Å². The van der Waals surface area contributed by atoms with Gasteiger partial charge in [-0.1, -0.05) is 23.2 Å². The molecule has 0 spiro atoms. The minimum atomic E-state index is -0.296. The Labute approximate surface area is 124 Å². The lowest BCUT2D eigenvalue weighted by Gasteiger charge is -2.08. The number of amides is 1. The highest BCUT2D eigenvalue weighted by Crippen LogP contribution is 2.35. The van der Waals surface area contributed by atoms with E-state index in [-0.39, 0.29) is 22.4 Å². The first kappa shape index (κ1) is 14.2. The number of aromatic hydroxyl groups is 1. The van der Waals surface area contributed by atoms with Crippen LogP contribution in [0, 0.1) is 13.8 Å². The van der Waals surface area contributed by atoms with Crippen LogP contribution in [0.2, 0.25) is 10.0 Å². The molecule has 0 atom stereocenters. The fourth-order valence-corrected chi connectivity index (χ4v) is 2.95. The number of phenolic OH excluding ortho intramolecular Hbond substituents is 1. The summed E-state index contributed by atoms with van der Waals surface area (Å²) in [5.41, 5.74) is 1.26. The molecular weight excluding hydrogens is 305 g/mol. The average molecular weight is 316 g/mol. The maximum absolute atomic E-state index is 12.1. The second-order valence-electron chi connectivity index (χ2n) is 4.09. The number of phenols is 1. The molecule has 0 aliphatic carbocycles. The van der Waals surface area contributed by atoms with E-state index < -0.39 is 0 Å². The van der Waals surface area contributed by atoms with Crippen molar-refractivity contribution >= 4 is 46.1 Å². The van der Waals surface area contributed by atoms with Crippen molar-refractivity contribution in [1.29, 1.82) is 0 Å². The predicted molar refractivity (Wildman–Crippen MR) is 79.9 cm³/mol. The SMILES string of the molecule is Cc1cc(C(=O)Nc2cc(Cl)cc(Cl)c2O)sc1C. The molecule has 0 saturated carbocycles. The van der Waals surface area contributed by atoms with Crippen molar-refractivity contribution in [2.24, 2.45) is 0 Å². The molecule has 19 heavy (non-hydrogen) atoms. The van der Waals surface area contributed by atoms with Gasteiger partial charge in [-0.15, -0.1) is 11.3 Å². The van der Waals surface area contributed by atoms with Gasteiger partial charge in [-0.2, -0.15) is 0 Å². The minimum absolute atomic E-state index is 0.0985. The summed E-state index contributed by atoms with van der Waals surface area (Å²) in [4.78, 5) is 13.7. The second-order valence-corrected chi connectivity index (χ2v) is 6.19. The third-order valence-electron chi connectivity index (χ3n) is 2.67. The summed E-state index contributed by atoms with van der Waals surface area (Å²) in [6.45, 7) is 3.89. The van der Waals surface area contributed by atoms with Crippen molar-refractivity contribution in [2.75, 3.05) is 5.32 Å². The quantitative estimate of drug-likeness (QED) is 0.794. The molecule has 6 heteroatoms. The fourth-order valence-electron chi connectivity index (χ4n) is 1.53. The molecule has 0 fully saturated rings. The molecule has 2 N–H and O–H groups in total. The van der Waals surface area contributed by atoms with Crippen LogP contribution in [0.3, 0.4) is 0 Å². The molecule has 1 aromatic carbocycles. The molecule has 1 amide bonds. The molecule has 0 bridgehead atoms. The Morgan fingerprint density at radius 1 is 1.26 bits per heavy atom. The van der Waals surface area contributed by atoms with Gasteiger partial charge in [0.05, 0.1) is 15.6 Å². The van der Waals surface area contributed by atoms with Crippen molar-refractivity contribution in [1.82, 2.24) is 0 Å². The number of benzene rings is 1. The molecule has 2 rings (SSSR count). The number of anilines is 1. The molecule has 1 aromatic heterocycles. The lowest BCUT2D eigenvalue weighted by molar-refractivity contribution is 0.103. The van der Waals surface area contributed by atoms with Gasteiger partial charge < -0.3 is 10.4 Å². The van der Waals surface area contributed by atoms with Crippen molar-refractivity contribution in [3.8, 4) is 5.75 Å². The highest BCUT2D eigenvalue weighted by molar-refractivity contribution is 7.14. The lowest BCUT2D eigenvalue weighted by Crippen LogP contribution is -2.10. The van der Waals surface area contributed by atoms with Gasteiger partial charge in [0.25, 0.3) is 5.91 Å². The smallest absolute Gasteiger partial charge is 0.265 e. The summed E-state index contributed by atoms with van der Waals surface area (Å²) in [5.74, 6) is -0.487. The van der Waals surface area contributed by atoms with Crippen LogP contribution in [-0.4, -0.2) is 11.0 Å². The summed E-state index contributed by atoms with van der Waals surface area (Å²) in [7, 11) is 0. The van der Waals surface area contributed by atoms with Crippen LogP contribution in [-0.2, 0) is 0 Å². The van der Waals surface area contributed by atoms with Gasteiger partial charge in [0.2, 0.25) is 0 Å². The highest BCUT2D eigenvalue weighted by atomic mass is 35.5. The zero-order valence-corrected chi connectivity index (χ0v) is 12.6. The third kappa shape index (κ3) is 3.03. The van der Waals surface area contributed by atoms with Crippen LogP contribution in [0.25, 0.3) is 0 Å². The molecule has 0 unspecified atom stereocenters. The molecule has 0 aliphatic heterocycles. The zero-order chi connectivity index (χ0) is 14.2. The largest absolute Gasteiger partial charge is 0.504 e. The van der Waals surface area contributed by atoms with E-state index in [0.29, 0.717) is 9.90 Å². The third-order valence-corrected chi connectivity index (χ3v) is 4.32. The molecule has 0 saturated heterocycles. The second kappa shape index (κ2) is 5.41. The van der Waals surface area contributed by atoms with Crippen molar-refractivity contribution in [3.05, 3.63) is 43.6 Å². The number of aryl methyl sites for hydroxylation is 2. The topological polar surface area (TPSA) is 49.3 Å². The zero-order valence-electron chi connectivity index (χ0n) is 10.3. The number of carbonyl (C=O) groups excluding carboxylic acids is 1. The summed E-state index contributed by atoms with van der Waals surface area (Å²) < 4.78 is 0. The van der Waals surface area contributed by atoms with E-state index in [1.54, 1.807) is 6.07 Å². The first-order valence-corrected chi connectivity index (χ1v) is 7.02. The number of thiophene rings is 1. The number of nitrogens with one attached hydrogen (secondary N) is 1. The number of hydrogen-bond donors (Lipinski definition) is 2. The summed E-state index contributed by atoms with van der Waals surface area (Å²) in [6.07, 6.45) is 0. The van der Waals surface area contributed by atoms with Crippen molar-refractivity contribution in [3.63, 3.8) is 0 Å². The van der Waals surface area contributed by atoms with Crippen LogP contribution in [0.15, 0.2) is 18.2 Å². The van der Waals surface area contributed by atoms with Gasteiger partial charge in [-0.3, -0.25) is 4.79 Å². The highest BCUT2D eigenvalue weighted by Gasteiger charge is 2.14. The summed E-state index contributed by atoms with van der Waals surface area (Å²) in [5, 5.41) is 12.8. The maximum Gasteiger partial charge on any atom is 0.265 e. The van der Waals surface area contributed by atoms with E-state index >= 15 is 0 Å². The van der Waals surface area contributed by atoms with Gasteiger partial charge >= 0.3 is 0 Å². The van der Waals surface area contributed by atoms with Gasteiger partial charge in [-0.05, 0) is 37.6 Å². The standard InChI is InChI=1S/C13H11Cl2NO2S/c1-6-3-11(19-7(6)2)13(18)16-10-5-8(14)4-9(15)12(10)17/h3-5,17H,1-2H3,(H,16,18). The first-order chi connectivity index (χ1) is 8.88. The number of halogens is 2. The van der Waals surface area contributed by atoms with Gasteiger partial charge in [0.15, 0.2) is 5.75 Å². The Kier molecular flexibility index (Phi) is 4.04. The van der Waals surface area contributed by atoms with Crippen molar-refractivity contribution < 1.29 is 9.90 Å². The van der Waals surface area contributed by atoms with Crippen LogP contribution >= 0.6 is 34.5 Å². The molecule has 1 heterocycles. The van der Waals surface area contributed by atoms with E-state index in [2.05, 4.69) is 5.32 Å². The minimum Gasteiger partial charge on any atom is -0.504 e. The maximum atomic E-state index is 12.1. The van der Waals surface area contributed by atoms with Gasteiger partial charge in [-0.25, -0.2) is 0 Å². The van der Waals surface area contributed by atoms with Crippen molar-refractivity contribution in [2.45, 2.75) is 13.8 Å². The number of hydrogen-bond acceptors (Lipinski definition) is 3. The first-order valence-electron chi connectivity index (χ1n) is 5.45. The van der Waals surface area contributed by atoms with Crippen LogP contribution in [0.4, 0.5) is 5.69 Å². The normalized spacial score (nSPS) is 10.5. The van der Waals surface area contributed by atoms with E-state index in [9.17, 15) is 9.90 Å². The van der Waals surface area contributed by atoms with Gasteiger partial charge in [0, 0.05) is 9.90 Å². The van der Waals surface area contributed by atoms with E-state index in [1.807, 2.05) is 13.8 Å². The monoisotopic (exact) mass is 315 g/mol. The molecule has 3 nitrogen and oxygen atoms in total. The Bertz CT molecular complexity index is 633. The van der Waals surface area contributed by atoms with E-state index in [1.165, 1.54) is 23.5 Å². The molecule has 0 radical (unpaired) electrons. The molecular formula is C13H11Cl2NO2S. The Balaban J connectivity index is 2.29. The Morgan fingerprint density at radius 2 is 1.95 bits per heavy atom. The Hall–Kier alpha value is -1.23. The van der Waals surface area contributed by atoms with Gasteiger partial charge in [0.1, 0.15) is 0 Å². The van der Waals surface area contributed by atoms with Crippen LogP contribution < -0.4 is 5.32 Å². The fraction of sp³-hybridized carbons (Fsp3) is 0.154. The molecule has 100 valence electrons. The van der Waals surface area contributed by atoms with E-state index in [0.717, 1.165) is 10.4 Å². The summed E-state index contributed by atoms with van der Waals surface area (Å²) in [6, 6.07) is 4.67. The Morgan fingerprint density at radius 3 is 2.53 bits per heavy atom. The predicted octanol–water partition coefficient (Wildman–Crippen LogP) is 4.63. The molecule has 2 aromatic rings. The number of rotatable bonds is 2. The number of carbonyl (C=O) groups is 1. The van der Waals surface area contributed by atoms with Crippen LogP contribution in [0.1, 0.15) is 20.1 Å². The summed E-state index contributed by atoms with van der Waals surface area (Å²) >= 11 is 13.0. The lowest BCUT2D eigenvalue weighted by atomic mass is 10.2. The molecule has 0 aliphatic rings. The average Bonchev–Trinajstić information content (AvgIpc) is 2.66.